The van der Waals surface area contributed by atoms with Gasteiger partial charge >= 0.3 is 0 Å². The van der Waals surface area contributed by atoms with Crippen molar-refractivity contribution in [3.05, 3.63) is 88.4 Å². The first-order valence-corrected chi connectivity index (χ1v) is 11.3. The molecule has 3 aromatic carbocycles. The maximum atomic E-state index is 12.4. The van der Waals surface area contributed by atoms with Crippen LogP contribution in [-0.4, -0.2) is 20.6 Å². The Hall–Kier alpha value is -2.64. The smallest absolute Gasteiger partial charge is 0.255 e. The van der Waals surface area contributed by atoms with E-state index in [4.69, 9.17) is 4.74 Å². The van der Waals surface area contributed by atoms with Gasteiger partial charge in [-0.05, 0) is 66.2 Å². The second kappa shape index (κ2) is 8.58. The standard InChI is InChI=1S/C21H18BrNO4S/c1-28(25,26)14-15-3-2-4-16(13-15)21(24)23-18-7-11-20(12-8-18)27-19-9-5-17(22)6-10-19/h2-13H,14H2,1H3,(H,23,24). The molecule has 0 saturated carbocycles. The van der Waals surface area contributed by atoms with Crippen LogP contribution >= 0.6 is 15.9 Å². The summed E-state index contributed by atoms with van der Waals surface area (Å²) in [7, 11) is -3.16. The zero-order chi connectivity index (χ0) is 20.1. The van der Waals surface area contributed by atoms with E-state index in [1.807, 2.05) is 24.3 Å². The van der Waals surface area contributed by atoms with E-state index < -0.39 is 9.84 Å². The Balaban J connectivity index is 1.66. The van der Waals surface area contributed by atoms with Gasteiger partial charge in [-0.25, -0.2) is 8.42 Å². The van der Waals surface area contributed by atoms with Crippen molar-refractivity contribution in [1.82, 2.24) is 0 Å². The number of hydrogen-bond acceptors (Lipinski definition) is 4. The summed E-state index contributed by atoms with van der Waals surface area (Å²) in [5.74, 6) is 0.950. The van der Waals surface area contributed by atoms with Gasteiger partial charge in [0, 0.05) is 22.0 Å². The lowest BCUT2D eigenvalue weighted by Gasteiger charge is -2.09. The molecule has 0 aliphatic rings. The third kappa shape index (κ3) is 5.94. The molecule has 1 amide bonds. The average Bonchev–Trinajstić information content (AvgIpc) is 2.64. The van der Waals surface area contributed by atoms with E-state index in [1.165, 1.54) is 0 Å². The summed E-state index contributed by atoms with van der Waals surface area (Å²) in [6.07, 6.45) is 1.16. The average molecular weight is 460 g/mol. The minimum atomic E-state index is -3.16. The molecule has 0 fully saturated rings. The highest BCUT2D eigenvalue weighted by atomic mass is 79.9. The first-order chi connectivity index (χ1) is 13.3. The van der Waals surface area contributed by atoms with Crippen LogP contribution in [-0.2, 0) is 15.6 Å². The number of sulfone groups is 1. The lowest BCUT2D eigenvalue weighted by atomic mass is 10.1. The van der Waals surface area contributed by atoms with Crippen molar-refractivity contribution in [2.24, 2.45) is 0 Å². The highest BCUT2D eigenvalue weighted by Crippen LogP contribution is 2.24. The number of nitrogens with one attached hydrogen (secondary N) is 1. The number of rotatable bonds is 6. The van der Waals surface area contributed by atoms with Crippen LogP contribution in [0.3, 0.4) is 0 Å². The van der Waals surface area contributed by atoms with E-state index in [0.29, 0.717) is 28.3 Å². The second-order valence-electron chi connectivity index (χ2n) is 6.30. The van der Waals surface area contributed by atoms with Gasteiger partial charge in [0.25, 0.3) is 5.91 Å². The van der Waals surface area contributed by atoms with Gasteiger partial charge in [0.05, 0.1) is 5.75 Å². The SMILES string of the molecule is CS(=O)(=O)Cc1cccc(C(=O)Nc2ccc(Oc3ccc(Br)cc3)cc2)c1. The van der Waals surface area contributed by atoms with Gasteiger partial charge in [0.2, 0.25) is 0 Å². The number of carbonyl (C=O) groups is 1. The summed E-state index contributed by atoms with van der Waals surface area (Å²) >= 11 is 3.38. The number of halogens is 1. The lowest BCUT2D eigenvalue weighted by Crippen LogP contribution is -2.12. The van der Waals surface area contributed by atoms with Crippen molar-refractivity contribution >= 4 is 37.4 Å². The topological polar surface area (TPSA) is 72.5 Å². The molecule has 0 atom stereocenters. The molecule has 0 saturated heterocycles. The summed E-state index contributed by atoms with van der Waals surface area (Å²) in [6, 6.07) is 21.1. The molecule has 7 heteroatoms. The van der Waals surface area contributed by atoms with Crippen molar-refractivity contribution in [2.45, 2.75) is 5.75 Å². The van der Waals surface area contributed by atoms with E-state index in [1.54, 1.807) is 48.5 Å². The molecule has 0 bridgehead atoms. The zero-order valence-electron chi connectivity index (χ0n) is 15.1. The molecule has 0 heterocycles. The van der Waals surface area contributed by atoms with Crippen molar-refractivity contribution in [2.75, 3.05) is 11.6 Å². The molecule has 3 aromatic rings. The Morgan fingerprint density at radius 3 is 2.18 bits per heavy atom. The number of benzene rings is 3. The first kappa shape index (κ1) is 20.1. The number of carbonyl (C=O) groups excluding carboxylic acids is 1. The first-order valence-electron chi connectivity index (χ1n) is 8.40. The molecule has 5 nitrogen and oxygen atoms in total. The lowest BCUT2D eigenvalue weighted by molar-refractivity contribution is 0.102. The maximum Gasteiger partial charge on any atom is 0.255 e. The minimum Gasteiger partial charge on any atom is -0.457 e. The van der Waals surface area contributed by atoms with E-state index >= 15 is 0 Å². The molecule has 0 unspecified atom stereocenters. The van der Waals surface area contributed by atoms with Crippen LogP contribution in [0.25, 0.3) is 0 Å². The molecule has 3 rings (SSSR count). The highest BCUT2D eigenvalue weighted by molar-refractivity contribution is 9.10. The fourth-order valence-corrected chi connectivity index (χ4v) is 3.60. The van der Waals surface area contributed by atoms with Crippen LogP contribution in [0.1, 0.15) is 15.9 Å². The van der Waals surface area contributed by atoms with Gasteiger partial charge in [-0.3, -0.25) is 4.79 Å². The molecule has 0 aromatic heterocycles. The molecule has 28 heavy (non-hydrogen) atoms. The third-order valence-corrected chi connectivity index (χ3v) is 5.17. The van der Waals surface area contributed by atoms with E-state index in [9.17, 15) is 13.2 Å². The zero-order valence-corrected chi connectivity index (χ0v) is 17.5. The molecule has 0 radical (unpaired) electrons. The largest absolute Gasteiger partial charge is 0.457 e. The Labute approximate surface area is 172 Å². The predicted octanol–water partition coefficient (Wildman–Crippen LogP) is 5.04. The van der Waals surface area contributed by atoms with Crippen molar-refractivity contribution in [3.8, 4) is 11.5 Å². The number of anilines is 1. The molecule has 0 aliphatic carbocycles. The quantitative estimate of drug-likeness (QED) is 0.560. The molecule has 0 spiro atoms. The minimum absolute atomic E-state index is 0.101. The van der Waals surface area contributed by atoms with Gasteiger partial charge in [0.1, 0.15) is 11.5 Å². The van der Waals surface area contributed by atoms with Gasteiger partial charge in [0.15, 0.2) is 9.84 Å². The van der Waals surface area contributed by atoms with Crippen molar-refractivity contribution in [1.29, 1.82) is 0 Å². The summed E-state index contributed by atoms with van der Waals surface area (Å²) in [5, 5.41) is 2.80. The van der Waals surface area contributed by atoms with Crippen molar-refractivity contribution < 1.29 is 17.9 Å². The van der Waals surface area contributed by atoms with Crippen LogP contribution in [0.4, 0.5) is 5.69 Å². The summed E-state index contributed by atoms with van der Waals surface area (Å²) in [4.78, 5) is 12.4. The molecule has 144 valence electrons. The normalized spacial score (nSPS) is 11.1. The van der Waals surface area contributed by atoms with Gasteiger partial charge in [-0.2, -0.15) is 0 Å². The van der Waals surface area contributed by atoms with E-state index in [-0.39, 0.29) is 11.7 Å². The highest BCUT2D eigenvalue weighted by Gasteiger charge is 2.10. The van der Waals surface area contributed by atoms with E-state index in [0.717, 1.165) is 10.7 Å². The predicted molar refractivity (Wildman–Crippen MR) is 114 cm³/mol. The van der Waals surface area contributed by atoms with Crippen LogP contribution in [0.2, 0.25) is 0 Å². The van der Waals surface area contributed by atoms with Gasteiger partial charge in [-0.1, -0.05) is 28.1 Å². The summed E-state index contributed by atoms with van der Waals surface area (Å²) in [6.45, 7) is 0. The number of ether oxygens (including phenoxy) is 1. The van der Waals surface area contributed by atoms with Crippen LogP contribution < -0.4 is 10.1 Å². The Kier molecular flexibility index (Phi) is 6.16. The summed E-state index contributed by atoms with van der Waals surface area (Å²) in [5.41, 5.74) is 1.59. The van der Waals surface area contributed by atoms with Crippen LogP contribution in [0.5, 0.6) is 11.5 Å². The number of amides is 1. The third-order valence-electron chi connectivity index (χ3n) is 3.78. The Morgan fingerprint density at radius 2 is 1.57 bits per heavy atom. The van der Waals surface area contributed by atoms with E-state index in [2.05, 4.69) is 21.2 Å². The fraction of sp³-hybridized carbons (Fsp3) is 0.0952. The summed E-state index contributed by atoms with van der Waals surface area (Å²) < 4.78 is 29.6. The Bertz CT molecular complexity index is 1080. The van der Waals surface area contributed by atoms with Gasteiger partial charge in [-0.15, -0.1) is 0 Å². The van der Waals surface area contributed by atoms with Crippen LogP contribution in [0.15, 0.2) is 77.3 Å². The molecule has 1 N–H and O–H groups in total. The Morgan fingerprint density at radius 1 is 0.964 bits per heavy atom. The molecular weight excluding hydrogens is 442 g/mol. The maximum absolute atomic E-state index is 12.4. The second-order valence-corrected chi connectivity index (χ2v) is 9.36. The number of hydrogen-bond donors (Lipinski definition) is 1. The fourth-order valence-electron chi connectivity index (χ4n) is 2.55. The van der Waals surface area contributed by atoms with Crippen LogP contribution in [0, 0.1) is 0 Å². The molecular formula is C21H18BrNO4S. The van der Waals surface area contributed by atoms with Gasteiger partial charge < -0.3 is 10.1 Å². The molecule has 0 aliphatic heterocycles. The monoisotopic (exact) mass is 459 g/mol. The van der Waals surface area contributed by atoms with Crippen molar-refractivity contribution in [3.63, 3.8) is 0 Å².